The molecule has 0 aliphatic carbocycles. The maximum atomic E-state index is 13.8. The molecule has 2 saturated heterocycles. The molecule has 0 saturated carbocycles. The maximum Gasteiger partial charge on any atom is 0.415 e. The lowest BCUT2D eigenvalue weighted by molar-refractivity contribution is 0.0470. The number of likely N-dealkylation sites (tertiary alicyclic amines) is 2. The van der Waals surface area contributed by atoms with Gasteiger partial charge in [0.05, 0.1) is 0 Å². The monoisotopic (exact) mass is 507 g/mol. The SMILES string of the molecule is CC(C)(C)OC(=O)NC1CCN(CC2CCN(C(=O)Oc3c(F)c(F)c(F)c(F)c3F)CC2)CC1. The van der Waals surface area contributed by atoms with Crippen LogP contribution in [0.2, 0.25) is 0 Å². The Morgan fingerprint density at radius 2 is 1.37 bits per heavy atom. The Labute approximate surface area is 200 Å². The fourth-order valence-corrected chi connectivity index (χ4v) is 4.22. The van der Waals surface area contributed by atoms with Crippen molar-refractivity contribution in [3.05, 3.63) is 29.1 Å². The van der Waals surface area contributed by atoms with E-state index in [9.17, 15) is 31.5 Å². The predicted octanol–water partition coefficient (Wildman–Crippen LogP) is 4.58. The molecule has 0 atom stereocenters. The molecule has 0 unspecified atom stereocenters. The van der Waals surface area contributed by atoms with Crippen molar-refractivity contribution in [2.45, 2.75) is 58.1 Å². The third-order valence-electron chi connectivity index (χ3n) is 6.06. The smallest absolute Gasteiger partial charge is 0.415 e. The van der Waals surface area contributed by atoms with Gasteiger partial charge in [-0.05, 0) is 52.4 Å². The largest absolute Gasteiger partial charge is 0.444 e. The molecule has 0 spiro atoms. The van der Waals surface area contributed by atoms with Crippen molar-refractivity contribution in [3.8, 4) is 5.75 Å². The number of rotatable bonds is 4. The van der Waals surface area contributed by atoms with Gasteiger partial charge in [-0.3, -0.25) is 0 Å². The summed E-state index contributed by atoms with van der Waals surface area (Å²) in [6.07, 6.45) is 1.17. The molecule has 1 aromatic carbocycles. The van der Waals surface area contributed by atoms with Gasteiger partial charge in [0.25, 0.3) is 0 Å². The molecule has 0 radical (unpaired) electrons. The van der Waals surface area contributed by atoms with Crippen LogP contribution >= 0.6 is 0 Å². The van der Waals surface area contributed by atoms with Gasteiger partial charge in [-0.25, -0.2) is 22.8 Å². The molecule has 35 heavy (non-hydrogen) atoms. The third kappa shape index (κ3) is 6.96. The first-order chi connectivity index (χ1) is 16.4. The second kappa shape index (κ2) is 11.0. The number of amides is 2. The van der Waals surface area contributed by atoms with Crippen LogP contribution in [0.15, 0.2) is 0 Å². The summed E-state index contributed by atoms with van der Waals surface area (Å²) < 4.78 is 77.2. The van der Waals surface area contributed by atoms with E-state index in [-0.39, 0.29) is 25.0 Å². The third-order valence-corrected chi connectivity index (χ3v) is 6.06. The van der Waals surface area contributed by atoms with E-state index in [4.69, 9.17) is 4.74 Å². The van der Waals surface area contributed by atoms with Gasteiger partial charge in [0.1, 0.15) is 5.60 Å². The van der Waals surface area contributed by atoms with Gasteiger partial charge in [0, 0.05) is 38.8 Å². The highest BCUT2D eigenvalue weighted by Gasteiger charge is 2.32. The van der Waals surface area contributed by atoms with Crippen LogP contribution in [0, 0.1) is 35.0 Å². The Morgan fingerprint density at radius 3 is 1.89 bits per heavy atom. The summed E-state index contributed by atoms with van der Waals surface area (Å²) in [7, 11) is 0. The normalized spacial score (nSPS) is 18.5. The van der Waals surface area contributed by atoms with Crippen molar-refractivity contribution in [1.82, 2.24) is 15.1 Å². The van der Waals surface area contributed by atoms with Crippen LogP contribution in [0.1, 0.15) is 46.5 Å². The Hall–Kier alpha value is -2.63. The van der Waals surface area contributed by atoms with Crippen molar-refractivity contribution >= 4 is 12.2 Å². The van der Waals surface area contributed by atoms with E-state index >= 15 is 0 Å². The Kier molecular flexibility index (Phi) is 8.45. The number of carbonyl (C=O) groups excluding carboxylic acids is 2. The van der Waals surface area contributed by atoms with Crippen molar-refractivity contribution in [2.75, 3.05) is 32.7 Å². The molecular formula is C23H30F5N3O4. The first kappa shape index (κ1) is 27.0. The van der Waals surface area contributed by atoms with Gasteiger partial charge in [-0.1, -0.05) is 0 Å². The number of benzene rings is 1. The molecule has 2 fully saturated rings. The van der Waals surface area contributed by atoms with Crippen LogP contribution in [-0.4, -0.2) is 66.4 Å². The molecule has 12 heteroatoms. The minimum atomic E-state index is -2.31. The summed E-state index contributed by atoms with van der Waals surface area (Å²) in [4.78, 5) is 27.7. The topological polar surface area (TPSA) is 71.1 Å². The minimum Gasteiger partial charge on any atom is -0.444 e. The molecule has 1 aromatic rings. The van der Waals surface area contributed by atoms with Crippen molar-refractivity contribution in [2.24, 2.45) is 5.92 Å². The number of ether oxygens (including phenoxy) is 2. The van der Waals surface area contributed by atoms with E-state index in [1.165, 1.54) is 4.90 Å². The van der Waals surface area contributed by atoms with Gasteiger partial charge in [0.15, 0.2) is 0 Å². The molecular weight excluding hydrogens is 477 g/mol. The molecule has 2 heterocycles. The van der Waals surface area contributed by atoms with Gasteiger partial charge in [-0.2, -0.15) is 8.78 Å². The summed E-state index contributed by atoms with van der Waals surface area (Å²) in [5.41, 5.74) is -0.556. The summed E-state index contributed by atoms with van der Waals surface area (Å²) in [5.74, 6) is -12.4. The highest BCUT2D eigenvalue weighted by molar-refractivity contribution is 5.71. The molecule has 1 N–H and O–H groups in total. The lowest BCUT2D eigenvalue weighted by Crippen LogP contribution is -2.48. The standard InChI is InChI=1S/C23H30F5N3O4/c1-23(2,3)35-21(32)29-14-6-8-30(9-7-14)12-13-4-10-31(11-5-13)22(33)34-20-18(27)16(25)15(24)17(26)19(20)28/h13-14H,4-12H2,1-3H3,(H,29,32). The van der Waals surface area contributed by atoms with Gasteiger partial charge in [0.2, 0.25) is 34.8 Å². The molecule has 2 aliphatic heterocycles. The van der Waals surface area contributed by atoms with Crippen LogP contribution in [0.4, 0.5) is 31.5 Å². The minimum absolute atomic E-state index is 0.0413. The highest BCUT2D eigenvalue weighted by Crippen LogP contribution is 2.30. The van der Waals surface area contributed by atoms with E-state index < -0.39 is 52.6 Å². The summed E-state index contributed by atoms with van der Waals surface area (Å²) in [6.45, 7) is 8.26. The lowest BCUT2D eigenvalue weighted by Gasteiger charge is -2.37. The van der Waals surface area contributed by atoms with Crippen molar-refractivity contribution in [3.63, 3.8) is 0 Å². The number of nitrogens with zero attached hydrogens (tertiary/aromatic N) is 2. The summed E-state index contributed by atoms with van der Waals surface area (Å²) >= 11 is 0. The van der Waals surface area contributed by atoms with Gasteiger partial charge >= 0.3 is 12.2 Å². The molecule has 3 rings (SSSR count). The zero-order valence-corrected chi connectivity index (χ0v) is 19.9. The zero-order valence-electron chi connectivity index (χ0n) is 19.9. The first-order valence-electron chi connectivity index (χ1n) is 11.6. The zero-order chi connectivity index (χ0) is 25.9. The summed E-state index contributed by atoms with van der Waals surface area (Å²) in [6, 6.07) is 0.0413. The van der Waals surface area contributed by atoms with Crippen molar-refractivity contribution in [1.29, 1.82) is 0 Å². The molecule has 0 aromatic heterocycles. The fourth-order valence-electron chi connectivity index (χ4n) is 4.22. The average Bonchev–Trinajstić information content (AvgIpc) is 2.79. The number of piperidine rings is 2. The number of nitrogens with one attached hydrogen (secondary N) is 1. The fraction of sp³-hybridized carbons (Fsp3) is 0.652. The van der Waals surface area contributed by atoms with Crippen LogP contribution in [0.25, 0.3) is 0 Å². The van der Waals surface area contributed by atoms with E-state index in [1.54, 1.807) is 20.8 Å². The van der Waals surface area contributed by atoms with E-state index in [2.05, 4.69) is 15.0 Å². The lowest BCUT2D eigenvalue weighted by atomic mass is 9.95. The van der Waals surface area contributed by atoms with Crippen LogP contribution < -0.4 is 10.1 Å². The molecule has 2 amide bonds. The Bertz CT molecular complexity index is 911. The van der Waals surface area contributed by atoms with E-state index in [0.29, 0.717) is 12.8 Å². The number of alkyl carbamates (subject to hydrolysis) is 1. The number of carbonyl (C=O) groups is 2. The number of hydrogen-bond acceptors (Lipinski definition) is 5. The average molecular weight is 508 g/mol. The second-order valence-electron chi connectivity index (χ2n) is 9.92. The molecule has 196 valence electrons. The molecule has 2 aliphatic rings. The number of halogens is 5. The second-order valence-corrected chi connectivity index (χ2v) is 9.92. The van der Waals surface area contributed by atoms with Crippen molar-refractivity contribution < 1.29 is 41.0 Å². The Morgan fingerprint density at radius 1 is 0.857 bits per heavy atom. The summed E-state index contributed by atoms with van der Waals surface area (Å²) in [5, 5.41) is 2.89. The predicted molar refractivity (Wildman–Crippen MR) is 115 cm³/mol. The molecule has 7 nitrogen and oxygen atoms in total. The van der Waals surface area contributed by atoms with Gasteiger partial charge in [-0.15, -0.1) is 0 Å². The van der Waals surface area contributed by atoms with Crippen LogP contribution in [-0.2, 0) is 4.74 Å². The van der Waals surface area contributed by atoms with Gasteiger partial charge < -0.3 is 24.6 Å². The quantitative estimate of drug-likeness (QED) is 0.367. The maximum absolute atomic E-state index is 13.8. The van der Waals surface area contributed by atoms with E-state index in [1.807, 2.05) is 0 Å². The highest BCUT2D eigenvalue weighted by atomic mass is 19.2. The van der Waals surface area contributed by atoms with Crippen LogP contribution in [0.3, 0.4) is 0 Å². The number of hydrogen-bond donors (Lipinski definition) is 1. The first-order valence-corrected chi connectivity index (χ1v) is 11.6. The molecule has 0 bridgehead atoms. The van der Waals surface area contributed by atoms with Crippen LogP contribution in [0.5, 0.6) is 5.75 Å². The Balaban J connectivity index is 1.43. The van der Waals surface area contributed by atoms with E-state index in [0.717, 1.165) is 32.5 Å².